The van der Waals surface area contributed by atoms with Gasteiger partial charge in [0.25, 0.3) is 0 Å². The van der Waals surface area contributed by atoms with Crippen LogP contribution < -0.4 is 10.6 Å². The van der Waals surface area contributed by atoms with E-state index in [1.54, 1.807) is 12.4 Å². The highest BCUT2D eigenvalue weighted by Gasteiger charge is 2.05. The molecule has 2 aromatic rings. The van der Waals surface area contributed by atoms with Crippen LogP contribution in [0.15, 0.2) is 59.9 Å². The van der Waals surface area contributed by atoms with Gasteiger partial charge in [0.1, 0.15) is 0 Å². The highest BCUT2D eigenvalue weighted by Crippen LogP contribution is 2.16. The lowest BCUT2D eigenvalue weighted by Gasteiger charge is -2.11. The minimum atomic E-state index is -0.0543. The highest BCUT2D eigenvalue weighted by atomic mass is 15.2. The van der Waals surface area contributed by atoms with Gasteiger partial charge in [0.2, 0.25) is 5.96 Å². The molecule has 0 aliphatic heterocycles. The standard InChI is InChI=1S/C15H15N5/c1-12(13-5-3-2-4-6-13)19-15(18-11-16)20-14-7-9-17-10-8-14/h2-10,12H,1H3,(H2,17,18,19,20). The molecule has 20 heavy (non-hydrogen) atoms. The molecule has 1 atom stereocenters. The molecule has 1 heterocycles. The van der Waals surface area contributed by atoms with Crippen LogP contribution in [0.4, 0.5) is 5.69 Å². The molecule has 0 bridgehead atoms. The van der Waals surface area contributed by atoms with Crippen LogP contribution in [-0.4, -0.2) is 10.9 Å². The van der Waals surface area contributed by atoms with Gasteiger partial charge in [-0.05, 0) is 24.6 Å². The Labute approximate surface area is 118 Å². The Bertz CT molecular complexity index is 601. The number of rotatable bonds is 3. The molecule has 2 rings (SSSR count). The fourth-order valence-corrected chi connectivity index (χ4v) is 1.72. The summed E-state index contributed by atoms with van der Waals surface area (Å²) in [6.07, 6.45) is 5.23. The van der Waals surface area contributed by atoms with Crippen molar-refractivity contribution >= 4 is 11.6 Å². The van der Waals surface area contributed by atoms with Crippen LogP contribution in [0, 0.1) is 11.5 Å². The molecule has 0 fully saturated rings. The summed E-state index contributed by atoms with van der Waals surface area (Å²) in [5, 5.41) is 14.4. The number of hydrogen-bond donors (Lipinski definition) is 2. The fourth-order valence-electron chi connectivity index (χ4n) is 1.72. The van der Waals surface area contributed by atoms with Crippen LogP contribution in [-0.2, 0) is 0 Å². The predicted octanol–water partition coefficient (Wildman–Crippen LogP) is 2.68. The molecule has 0 spiro atoms. The number of nitrogens with zero attached hydrogens (tertiary/aromatic N) is 3. The largest absolute Gasteiger partial charge is 0.325 e. The molecule has 5 heteroatoms. The first kappa shape index (κ1) is 13.6. The Morgan fingerprint density at radius 3 is 2.55 bits per heavy atom. The second-order valence-electron chi connectivity index (χ2n) is 4.16. The van der Waals surface area contributed by atoms with Crippen molar-refractivity contribution in [1.29, 1.82) is 5.26 Å². The molecule has 0 amide bonds. The second kappa shape index (κ2) is 6.90. The van der Waals surface area contributed by atoms with Crippen molar-refractivity contribution in [2.24, 2.45) is 4.99 Å². The lowest BCUT2D eigenvalue weighted by molar-refractivity contribution is 0.813. The predicted molar refractivity (Wildman–Crippen MR) is 78.9 cm³/mol. The van der Waals surface area contributed by atoms with E-state index in [-0.39, 0.29) is 6.04 Å². The lowest BCUT2D eigenvalue weighted by Crippen LogP contribution is -2.27. The normalized spacial score (nSPS) is 12.3. The Morgan fingerprint density at radius 2 is 1.90 bits per heavy atom. The van der Waals surface area contributed by atoms with Crippen LogP contribution in [0.1, 0.15) is 18.5 Å². The quantitative estimate of drug-likeness (QED) is 0.387. The molecule has 0 radical (unpaired) electrons. The van der Waals surface area contributed by atoms with Crippen molar-refractivity contribution in [3.05, 3.63) is 60.4 Å². The van der Waals surface area contributed by atoms with Gasteiger partial charge in [-0.15, -0.1) is 0 Å². The Kier molecular flexibility index (Phi) is 4.68. The van der Waals surface area contributed by atoms with Crippen LogP contribution in [0.5, 0.6) is 0 Å². The molecule has 0 saturated carbocycles. The van der Waals surface area contributed by atoms with E-state index in [4.69, 9.17) is 5.26 Å². The van der Waals surface area contributed by atoms with E-state index in [2.05, 4.69) is 20.6 Å². The Balaban J connectivity index is 2.16. The van der Waals surface area contributed by atoms with E-state index in [1.165, 1.54) is 0 Å². The Hall–Kier alpha value is -2.87. The van der Waals surface area contributed by atoms with Gasteiger partial charge in [-0.3, -0.25) is 10.3 Å². The zero-order valence-corrected chi connectivity index (χ0v) is 11.1. The average molecular weight is 265 g/mol. The zero-order chi connectivity index (χ0) is 14.2. The molecule has 0 saturated heterocycles. The summed E-state index contributed by atoms with van der Waals surface area (Å²) in [4.78, 5) is 8.43. The lowest BCUT2D eigenvalue weighted by atomic mass is 10.1. The molecule has 1 unspecified atom stereocenters. The number of benzene rings is 1. The van der Waals surface area contributed by atoms with Crippen molar-refractivity contribution in [2.75, 3.05) is 5.32 Å². The van der Waals surface area contributed by atoms with Gasteiger partial charge in [0, 0.05) is 18.1 Å². The molecule has 1 aromatic carbocycles. The van der Waals surface area contributed by atoms with Gasteiger partial charge < -0.3 is 5.32 Å². The highest BCUT2D eigenvalue weighted by molar-refractivity contribution is 5.94. The smallest absolute Gasteiger partial charge is 0.209 e. The molecule has 5 nitrogen and oxygen atoms in total. The molecule has 0 aliphatic carbocycles. The first-order chi connectivity index (χ1) is 9.79. The number of nitrogens with one attached hydrogen (secondary N) is 2. The third kappa shape index (κ3) is 3.82. The van der Waals surface area contributed by atoms with Gasteiger partial charge in [-0.1, -0.05) is 30.3 Å². The molecule has 100 valence electrons. The van der Waals surface area contributed by atoms with E-state index in [0.717, 1.165) is 11.3 Å². The number of anilines is 1. The van der Waals surface area contributed by atoms with Crippen LogP contribution in [0.3, 0.4) is 0 Å². The van der Waals surface area contributed by atoms with E-state index < -0.39 is 0 Å². The van der Waals surface area contributed by atoms with Crippen LogP contribution in [0.25, 0.3) is 0 Å². The van der Waals surface area contributed by atoms with E-state index in [0.29, 0.717) is 5.96 Å². The minimum absolute atomic E-state index is 0.0543. The number of hydrogen-bond acceptors (Lipinski definition) is 3. The summed E-state index contributed by atoms with van der Waals surface area (Å²) in [5.41, 5.74) is 1.91. The molecule has 0 aliphatic rings. The van der Waals surface area contributed by atoms with Gasteiger partial charge in [-0.25, -0.2) is 4.99 Å². The van der Waals surface area contributed by atoms with Crippen molar-refractivity contribution < 1.29 is 0 Å². The van der Waals surface area contributed by atoms with Crippen LogP contribution in [0.2, 0.25) is 0 Å². The topological polar surface area (TPSA) is 73.1 Å². The molecule has 2 N–H and O–H groups in total. The zero-order valence-electron chi connectivity index (χ0n) is 11.1. The van der Waals surface area contributed by atoms with Gasteiger partial charge in [0.15, 0.2) is 6.19 Å². The number of aromatic nitrogens is 1. The maximum absolute atomic E-state index is 8.80. The summed E-state index contributed by atoms with van der Waals surface area (Å²) in [5.74, 6) is 0.412. The maximum atomic E-state index is 8.80. The first-order valence-electron chi connectivity index (χ1n) is 6.24. The Morgan fingerprint density at radius 1 is 1.20 bits per heavy atom. The van der Waals surface area contributed by atoms with Crippen molar-refractivity contribution in [2.45, 2.75) is 13.0 Å². The summed E-state index contributed by atoms with van der Waals surface area (Å²) < 4.78 is 0. The van der Waals surface area contributed by atoms with E-state index in [9.17, 15) is 0 Å². The minimum Gasteiger partial charge on any atom is -0.325 e. The number of aliphatic imine (C=N–C) groups is 1. The van der Waals surface area contributed by atoms with Crippen molar-refractivity contribution in [3.63, 3.8) is 0 Å². The third-order valence-electron chi connectivity index (χ3n) is 2.72. The van der Waals surface area contributed by atoms with Crippen molar-refractivity contribution in [3.8, 4) is 6.19 Å². The summed E-state index contributed by atoms with van der Waals surface area (Å²) in [6.45, 7) is 1.97. The number of pyridine rings is 1. The van der Waals surface area contributed by atoms with E-state index in [1.807, 2.05) is 55.6 Å². The summed E-state index contributed by atoms with van der Waals surface area (Å²) in [6, 6.07) is 13.5. The maximum Gasteiger partial charge on any atom is 0.209 e. The monoisotopic (exact) mass is 265 g/mol. The molecule has 1 aromatic heterocycles. The van der Waals surface area contributed by atoms with E-state index >= 15 is 0 Å². The molecular formula is C15H15N5. The number of nitriles is 1. The van der Waals surface area contributed by atoms with Crippen molar-refractivity contribution in [1.82, 2.24) is 10.3 Å². The average Bonchev–Trinajstić information content (AvgIpc) is 2.49. The second-order valence-corrected chi connectivity index (χ2v) is 4.16. The van der Waals surface area contributed by atoms with Gasteiger partial charge in [-0.2, -0.15) is 5.26 Å². The van der Waals surface area contributed by atoms with Gasteiger partial charge in [0.05, 0.1) is 6.04 Å². The van der Waals surface area contributed by atoms with Gasteiger partial charge >= 0.3 is 0 Å². The summed E-state index contributed by atoms with van der Waals surface area (Å²) in [7, 11) is 0. The first-order valence-corrected chi connectivity index (χ1v) is 6.24. The fraction of sp³-hybridized carbons (Fsp3) is 0.133. The molecular weight excluding hydrogens is 250 g/mol. The van der Waals surface area contributed by atoms with Crippen LogP contribution >= 0.6 is 0 Å². The summed E-state index contributed by atoms with van der Waals surface area (Å²) >= 11 is 0. The third-order valence-corrected chi connectivity index (χ3v) is 2.72. The number of guanidine groups is 1. The SMILES string of the molecule is CC(N=C(NC#N)Nc1ccncc1)c1ccccc1.